The molecule has 0 spiro atoms. The Labute approximate surface area is 238 Å². The Morgan fingerprint density at radius 1 is 0.649 bits per heavy atom. The SMILES string of the molecule is CCOP(=O)(CCCC1(CCCP(=O)(OCC)OCC)c2cc(Br)ccc2-c2ccc(Br)cc21)OCC. The highest BCUT2D eigenvalue weighted by Gasteiger charge is 2.43. The highest BCUT2D eigenvalue weighted by molar-refractivity contribution is 9.10. The van der Waals surface area contributed by atoms with E-state index >= 15 is 0 Å². The van der Waals surface area contributed by atoms with Gasteiger partial charge in [0.15, 0.2) is 0 Å². The number of benzene rings is 2. The van der Waals surface area contributed by atoms with Gasteiger partial charge < -0.3 is 18.1 Å². The lowest BCUT2D eigenvalue weighted by Gasteiger charge is -2.33. The van der Waals surface area contributed by atoms with Gasteiger partial charge in [0.2, 0.25) is 0 Å². The summed E-state index contributed by atoms with van der Waals surface area (Å²) in [5.74, 6) is 0. The second kappa shape index (κ2) is 13.9. The molecule has 0 atom stereocenters. The van der Waals surface area contributed by atoms with Crippen LogP contribution in [-0.2, 0) is 32.6 Å². The van der Waals surface area contributed by atoms with Gasteiger partial charge in [-0.3, -0.25) is 9.13 Å². The molecule has 206 valence electrons. The molecule has 37 heavy (non-hydrogen) atoms. The van der Waals surface area contributed by atoms with Crippen LogP contribution in [0, 0.1) is 0 Å². The van der Waals surface area contributed by atoms with Gasteiger partial charge >= 0.3 is 15.2 Å². The number of hydrogen-bond donors (Lipinski definition) is 0. The van der Waals surface area contributed by atoms with Gasteiger partial charge in [0.25, 0.3) is 0 Å². The van der Waals surface area contributed by atoms with E-state index in [2.05, 4.69) is 68.3 Å². The standard InChI is InChI=1S/C27H38Br2O6P2/c1-5-32-36(30,33-6-2)17-9-15-27(16-10-18-37(31,34-7-3)35-8-4)25-19-21(28)11-13-23(25)24-14-12-22(29)20-26(24)27/h11-14,19-20H,5-10,15-18H2,1-4H3. The quantitative estimate of drug-likeness (QED) is 0.165. The summed E-state index contributed by atoms with van der Waals surface area (Å²) in [6.07, 6.45) is 3.50. The molecule has 0 saturated carbocycles. The van der Waals surface area contributed by atoms with Gasteiger partial charge in [0.1, 0.15) is 0 Å². The summed E-state index contributed by atoms with van der Waals surface area (Å²) >= 11 is 7.36. The minimum Gasteiger partial charge on any atom is -0.309 e. The predicted octanol–water partition coefficient (Wildman–Crippen LogP) is 9.57. The van der Waals surface area contributed by atoms with Gasteiger partial charge in [-0.2, -0.15) is 0 Å². The monoisotopic (exact) mass is 678 g/mol. The summed E-state index contributed by atoms with van der Waals surface area (Å²) in [4.78, 5) is 0. The average molecular weight is 680 g/mol. The van der Waals surface area contributed by atoms with E-state index in [1.165, 1.54) is 22.3 Å². The lowest BCUT2D eigenvalue weighted by Crippen LogP contribution is -2.26. The zero-order chi connectivity index (χ0) is 27.1. The summed E-state index contributed by atoms with van der Waals surface area (Å²) in [5.41, 5.74) is 4.48. The van der Waals surface area contributed by atoms with E-state index in [9.17, 15) is 9.13 Å². The van der Waals surface area contributed by atoms with Crippen LogP contribution in [0.3, 0.4) is 0 Å². The average Bonchev–Trinajstić information content (AvgIpc) is 3.08. The molecule has 2 aromatic rings. The van der Waals surface area contributed by atoms with E-state index in [0.29, 0.717) is 51.6 Å². The topological polar surface area (TPSA) is 71.1 Å². The molecule has 0 aliphatic heterocycles. The normalized spacial score (nSPS) is 14.5. The third-order valence-electron chi connectivity index (χ3n) is 6.66. The smallest absolute Gasteiger partial charge is 0.309 e. The summed E-state index contributed by atoms with van der Waals surface area (Å²) in [6, 6.07) is 12.8. The molecular formula is C27H38Br2O6P2. The molecule has 6 nitrogen and oxygen atoms in total. The third-order valence-corrected chi connectivity index (χ3v) is 12.0. The van der Waals surface area contributed by atoms with Crippen molar-refractivity contribution in [3.8, 4) is 11.1 Å². The molecular weight excluding hydrogens is 642 g/mol. The first-order chi connectivity index (χ1) is 17.7. The zero-order valence-corrected chi connectivity index (χ0v) is 27.1. The van der Waals surface area contributed by atoms with Crippen molar-refractivity contribution < 1.29 is 27.2 Å². The second-order valence-corrected chi connectivity index (χ2v) is 15.2. The van der Waals surface area contributed by atoms with Crippen molar-refractivity contribution in [2.24, 2.45) is 0 Å². The summed E-state index contributed by atoms with van der Waals surface area (Å²) in [5, 5.41) is 0. The highest BCUT2D eigenvalue weighted by atomic mass is 79.9. The maximum Gasteiger partial charge on any atom is 0.330 e. The molecule has 10 heteroatoms. The first kappa shape index (κ1) is 31.2. The first-order valence-corrected chi connectivity index (χ1v) is 18.1. The maximum absolute atomic E-state index is 13.3. The van der Waals surface area contributed by atoms with Crippen molar-refractivity contribution in [1.82, 2.24) is 0 Å². The zero-order valence-electron chi connectivity index (χ0n) is 22.1. The van der Waals surface area contributed by atoms with Gasteiger partial charge in [0.05, 0.1) is 38.8 Å². The largest absolute Gasteiger partial charge is 0.330 e. The van der Waals surface area contributed by atoms with Crippen LogP contribution in [-0.4, -0.2) is 38.8 Å². The van der Waals surface area contributed by atoms with Gasteiger partial charge in [-0.15, -0.1) is 0 Å². The molecule has 0 fully saturated rings. The van der Waals surface area contributed by atoms with Crippen LogP contribution in [0.25, 0.3) is 11.1 Å². The van der Waals surface area contributed by atoms with Crippen LogP contribution < -0.4 is 0 Å². The number of fused-ring (bicyclic) bond motifs is 3. The highest BCUT2D eigenvalue weighted by Crippen LogP contribution is 2.58. The summed E-state index contributed by atoms with van der Waals surface area (Å²) < 4.78 is 50.8. The van der Waals surface area contributed by atoms with E-state index in [0.717, 1.165) is 21.8 Å². The molecule has 0 amide bonds. The molecule has 1 aliphatic carbocycles. The van der Waals surface area contributed by atoms with Crippen molar-refractivity contribution in [1.29, 1.82) is 0 Å². The second-order valence-electron chi connectivity index (χ2n) is 9.01. The molecule has 1 aliphatic rings. The minimum atomic E-state index is -3.17. The minimum absolute atomic E-state index is 0.345. The van der Waals surface area contributed by atoms with Crippen LogP contribution in [0.15, 0.2) is 45.3 Å². The Morgan fingerprint density at radius 3 is 1.32 bits per heavy atom. The van der Waals surface area contributed by atoms with E-state index in [-0.39, 0.29) is 5.41 Å². The Bertz CT molecular complexity index is 1050. The lowest BCUT2D eigenvalue weighted by molar-refractivity contribution is 0.218. The van der Waals surface area contributed by atoms with E-state index in [4.69, 9.17) is 18.1 Å². The molecule has 0 saturated heterocycles. The van der Waals surface area contributed by atoms with Crippen LogP contribution in [0.4, 0.5) is 0 Å². The fourth-order valence-electron chi connectivity index (χ4n) is 5.37. The van der Waals surface area contributed by atoms with Crippen molar-refractivity contribution in [2.75, 3.05) is 38.8 Å². The molecule has 2 aromatic carbocycles. The van der Waals surface area contributed by atoms with Crippen LogP contribution in [0.2, 0.25) is 0 Å². The molecule has 0 aromatic heterocycles. The Balaban J connectivity index is 2.00. The van der Waals surface area contributed by atoms with Gasteiger partial charge in [0, 0.05) is 14.4 Å². The third kappa shape index (κ3) is 7.46. The number of rotatable bonds is 16. The Morgan fingerprint density at radius 2 is 1.00 bits per heavy atom. The lowest BCUT2D eigenvalue weighted by atomic mass is 9.71. The molecule has 0 bridgehead atoms. The molecule has 0 radical (unpaired) electrons. The van der Waals surface area contributed by atoms with E-state index in [1.54, 1.807) is 0 Å². The summed E-state index contributed by atoms with van der Waals surface area (Å²) in [7, 11) is -6.34. The first-order valence-electron chi connectivity index (χ1n) is 13.0. The molecule has 3 rings (SSSR count). The van der Waals surface area contributed by atoms with Crippen molar-refractivity contribution in [2.45, 2.75) is 58.8 Å². The van der Waals surface area contributed by atoms with Crippen molar-refractivity contribution in [3.05, 3.63) is 56.5 Å². The van der Waals surface area contributed by atoms with Gasteiger partial charge in [-0.25, -0.2) is 0 Å². The Kier molecular flexibility index (Phi) is 11.7. The van der Waals surface area contributed by atoms with Gasteiger partial charge in [-0.05, 0) is 99.9 Å². The molecule has 0 heterocycles. The molecule has 0 unspecified atom stereocenters. The number of hydrogen-bond acceptors (Lipinski definition) is 6. The van der Waals surface area contributed by atoms with Crippen molar-refractivity contribution in [3.63, 3.8) is 0 Å². The van der Waals surface area contributed by atoms with Crippen LogP contribution in [0.1, 0.15) is 64.5 Å². The van der Waals surface area contributed by atoms with E-state index < -0.39 is 15.2 Å². The molecule has 0 N–H and O–H groups in total. The van der Waals surface area contributed by atoms with Crippen molar-refractivity contribution >= 4 is 47.1 Å². The maximum atomic E-state index is 13.3. The summed E-state index contributed by atoms with van der Waals surface area (Å²) in [6.45, 7) is 8.72. The predicted molar refractivity (Wildman–Crippen MR) is 158 cm³/mol. The number of halogens is 2. The fourth-order valence-corrected chi connectivity index (χ4v) is 9.42. The van der Waals surface area contributed by atoms with E-state index in [1.807, 2.05) is 27.7 Å². The Hall–Kier alpha value is -0.300. The van der Waals surface area contributed by atoms with Gasteiger partial charge in [-0.1, -0.05) is 44.0 Å². The van der Waals surface area contributed by atoms with Crippen LogP contribution >= 0.6 is 47.1 Å². The van der Waals surface area contributed by atoms with Crippen LogP contribution in [0.5, 0.6) is 0 Å². The fraction of sp³-hybridized carbons (Fsp3) is 0.556.